The first-order chi connectivity index (χ1) is 16.3. The van der Waals surface area contributed by atoms with Gasteiger partial charge in [-0.25, -0.2) is 4.98 Å². The van der Waals surface area contributed by atoms with Gasteiger partial charge in [0.15, 0.2) is 5.13 Å². The van der Waals surface area contributed by atoms with Crippen molar-refractivity contribution in [2.24, 2.45) is 13.0 Å². The molecule has 0 aliphatic heterocycles. The Morgan fingerprint density at radius 1 is 1.09 bits per heavy atom. The first-order valence-corrected chi connectivity index (χ1v) is 12.8. The maximum absolute atomic E-state index is 12.0. The van der Waals surface area contributed by atoms with E-state index in [2.05, 4.69) is 41.4 Å². The number of anilines is 1. The molecule has 0 bridgehead atoms. The van der Waals surface area contributed by atoms with Crippen LogP contribution in [0.4, 0.5) is 5.13 Å². The SMILES string of the molecule is CCCCCCC(C)C.Cc1cccc(-c2csc(NC(=O)CNC(=O)c3ccn(C)c3)n2)n1. The average Bonchev–Trinajstić information content (AvgIpc) is 3.45. The van der Waals surface area contributed by atoms with Crippen LogP contribution in [0, 0.1) is 12.8 Å². The van der Waals surface area contributed by atoms with Crippen molar-refractivity contribution in [1.29, 1.82) is 0 Å². The quantitative estimate of drug-likeness (QED) is 0.355. The summed E-state index contributed by atoms with van der Waals surface area (Å²) in [6.45, 7) is 8.65. The maximum atomic E-state index is 12.0. The van der Waals surface area contributed by atoms with Gasteiger partial charge in [-0.2, -0.15) is 0 Å². The van der Waals surface area contributed by atoms with Gasteiger partial charge in [-0.1, -0.05) is 58.9 Å². The van der Waals surface area contributed by atoms with Gasteiger partial charge in [-0.05, 0) is 31.0 Å². The highest BCUT2D eigenvalue weighted by Gasteiger charge is 2.11. The van der Waals surface area contributed by atoms with Crippen molar-refractivity contribution >= 4 is 28.3 Å². The molecule has 3 heterocycles. The maximum Gasteiger partial charge on any atom is 0.253 e. The van der Waals surface area contributed by atoms with Crippen LogP contribution in [0.2, 0.25) is 0 Å². The Hall–Kier alpha value is -3.00. The monoisotopic (exact) mass is 483 g/mol. The molecule has 0 radical (unpaired) electrons. The Balaban J connectivity index is 0.000000387. The molecular formula is C26H37N5O2S. The zero-order valence-corrected chi connectivity index (χ0v) is 21.7. The highest BCUT2D eigenvalue weighted by molar-refractivity contribution is 7.14. The summed E-state index contributed by atoms with van der Waals surface area (Å²) in [5.74, 6) is 0.281. The molecule has 3 aromatic rings. The number of rotatable bonds is 10. The minimum atomic E-state index is -0.331. The predicted molar refractivity (Wildman–Crippen MR) is 140 cm³/mol. The number of nitrogens with zero attached hydrogens (tertiary/aromatic N) is 3. The third-order valence-electron chi connectivity index (χ3n) is 5.04. The molecule has 3 aromatic heterocycles. The Bertz CT molecular complexity index is 1040. The Labute approximate surface area is 207 Å². The Morgan fingerprint density at radius 2 is 1.88 bits per heavy atom. The number of unbranched alkanes of at least 4 members (excludes halogenated alkanes) is 3. The molecule has 0 atom stereocenters. The first kappa shape index (κ1) is 27.2. The van der Waals surface area contributed by atoms with Gasteiger partial charge in [-0.3, -0.25) is 14.6 Å². The molecule has 2 amide bonds. The largest absolute Gasteiger partial charge is 0.356 e. The van der Waals surface area contributed by atoms with E-state index in [1.54, 1.807) is 23.0 Å². The van der Waals surface area contributed by atoms with E-state index in [1.165, 1.54) is 43.4 Å². The normalized spacial score (nSPS) is 10.5. The van der Waals surface area contributed by atoms with E-state index >= 15 is 0 Å². The number of nitrogens with one attached hydrogen (secondary N) is 2. The van der Waals surface area contributed by atoms with Gasteiger partial charge in [-0.15, -0.1) is 11.3 Å². The lowest BCUT2D eigenvalue weighted by atomic mass is 10.1. The summed E-state index contributed by atoms with van der Waals surface area (Å²) in [6, 6.07) is 7.38. The number of hydrogen-bond acceptors (Lipinski definition) is 5. The predicted octanol–water partition coefficient (Wildman–Crippen LogP) is 5.83. The molecular weight excluding hydrogens is 446 g/mol. The van der Waals surface area contributed by atoms with Crippen molar-refractivity contribution < 1.29 is 9.59 Å². The summed E-state index contributed by atoms with van der Waals surface area (Å²) in [5, 5.41) is 7.56. The van der Waals surface area contributed by atoms with E-state index in [0.29, 0.717) is 16.4 Å². The van der Waals surface area contributed by atoms with Gasteiger partial charge >= 0.3 is 0 Å². The van der Waals surface area contributed by atoms with Crippen LogP contribution >= 0.6 is 11.3 Å². The number of amides is 2. The van der Waals surface area contributed by atoms with Crippen LogP contribution in [-0.4, -0.2) is 32.9 Å². The van der Waals surface area contributed by atoms with Crippen molar-refractivity contribution in [3.8, 4) is 11.4 Å². The van der Waals surface area contributed by atoms with Crippen molar-refractivity contribution in [3.63, 3.8) is 0 Å². The highest BCUT2D eigenvalue weighted by atomic mass is 32.1. The van der Waals surface area contributed by atoms with Crippen LogP contribution in [0.25, 0.3) is 11.4 Å². The number of hydrogen-bond donors (Lipinski definition) is 2. The summed E-state index contributed by atoms with van der Waals surface area (Å²) in [6.07, 6.45) is 10.5. The summed E-state index contributed by atoms with van der Waals surface area (Å²) in [7, 11) is 1.83. The molecule has 3 rings (SSSR count). The number of thiazole rings is 1. The lowest BCUT2D eigenvalue weighted by molar-refractivity contribution is -0.115. The summed E-state index contributed by atoms with van der Waals surface area (Å²) < 4.78 is 1.77. The number of carbonyl (C=O) groups excluding carboxylic acids is 2. The lowest BCUT2D eigenvalue weighted by Gasteiger charge is -2.03. The smallest absolute Gasteiger partial charge is 0.253 e. The molecule has 0 unspecified atom stereocenters. The van der Waals surface area contributed by atoms with Gasteiger partial charge in [0.2, 0.25) is 5.91 Å². The van der Waals surface area contributed by atoms with Crippen molar-refractivity contribution in [3.05, 3.63) is 53.3 Å². The van der Waals surface area contributed by atoms with Crippen LogP contribution in [0.5, 0.6) is 0 Å². The molecule has 0 aliphatic carbocycles. The minimum Gasteiger partial charge on any atom is -0.356 e. The van der Waals surface area contributed by atoms with E-state index in [9.17, 15) is 9.59 Å². The van der Waals surface area contributed by atoms with E-state index in [-0.39, 0.29) is 18.4 Å². The molecule has 0 aromatic carbocycles. The average molecular weight is 484 g/mol. The fourth-order valence-electron chi connectivity index (χ4n) is 3.18. The molecule has 0 aliphatic rings. The van der Waals surface area contributed by atoms with Crippen LogP contribution in [0.3, 0.4) is 0 Å². The number of aryl methyl sites for hydroxylation is 2. The molecule has 0 fully saturated rings. The molecule has 0 spiro atoms. The van der Waals surface area contributed by atoms with E-state index in [0.717, 1.165) is 17.3 Å². The molecule has 0 saturated carbocycles. The second kappa shape index (κ2) is 14.3. The third-order valence-corrected chi connectivity index (χ3v) is 5.80. The van der Waals surface area contributed by atoms with Crippen LogP contribution in [0.15, 0.2) is 42.0 Å². The van der Waals surface area contributed by atoms with Crippen LogP contribution in [-0.2, 0) is 11.8 Å². The second-order valence-corrected chi connectivity index (χ2v) is 9.60. The summed E-state index contributed by atoms with van der Waals surface area (Å²) >= 11 is 1.31. The van der Waals surface area contributed by atoms with Crippen molar-refractivity contribution in [2.75, 3.05) is 11.9 Å². The Morgan fingerprint density at radius 3 is 2.53 bits per heavy atom. The minimum absolute atomic E-state index is 0.120. The third kappa shape index (κ3) is 9.87. The Kier molecular flexibility index (Phi) is 11.5. The first-order valence-electron chi connectivity index (χ1n) is 11.9. The van der Waals surface area contributed by atoms with E-state index < -0.39 is 0 Å². The zero-order valence-electron chi connectivity index (χ0n) is 20.9. The molecule has 8 heteroatoms. The van der Waals surface area contributed by atoms with E-state index in [4.69, 9.17) is 0 Å². The van der Waals surface area contributed by atoms with Crippen molar-refractivity contribution in [1.82, 2.24) is 19.9 Å². The van der Waals surface area contributed by atoms with E-state index in [1.807, 2.05) is 37.6 Å². The second-order valence-electron chi connectivity index (χ2n) is 8.74. The molecule has 34 heavy (non-hydrogen) atoms. The number of aromatic nitrogens is 3. The fraction of sp³-hybridized carbons (Fsp3) is 0.462. The van der Waals surface area contributed by atoms with Gasteiger partial charge in [0.25, 0.3) is 5.91 Å². The topological polar surface area (TPSA) is 88.9 Å². The molecule has 7 nitrogen and oxygen atoms in total. The standard InChI is InChI=1S/C17H17N5O2S.C9H20/c1-11-4-3-5-13(19-11)14-10-25-17(20-14)21-15(23)8-18-16(24)12-6-7-22(2)9-12;1-4-5-6-7-8-9(2)3/h3-7,9-10H,8H2,1-2H3,(H,18,24)(H,20,21,23);9H,4-8H2,1-3H3. The number of carbonyl (C=O) groups is 2. The van der Waals surface area contributed by atoms with Gasteiger partial charge < -0.3 is 15.2 Å². The summed E-state index contributed by atoms with van der Waals surface area (Å²) in [5.41, 5.74) is 2.88. The highest BCUT2D eigenvalue weighted by Crippen LogP contribution is 2.23. The fourth-order valence-corrected chi connectivity index (χ4v) is 3.90. The van der Waals surface area contributed by atoms with Gasteiger partial charge in [0, 0.05) is 30.5 Å². The molecule has 184 valence electrons. The molecule has 0 saturated heterocycles. The van der Waals surface area contributed by atoms with Crippen LogP contribution in [0.1, 0.15) is 68.9 Å². The van der Waals surface area contributed by atoms with Crippen molar-refractivity contribution in [2.45, 2.75) is 59.8 Å². The lowest BCUT2D eigenvalue weighted by Crippen LogP contribution is -2.32. The zero-order chi connectivity index (χ0) is 24.9. The van der Waals surface area contributed by atoms with Gasteiger partial charge in [0.1, 0.15) is 5.69 Å². The number of pyridine rings is 1. The molecule has 2 N–H and O–H groups in total. The van der Waals surface area contributed by atoms with Crippen LogP contribution < -0.4 is 10.6 Å². The van der Waals surface area contributed by atoms with Gasteiger partial charge in [0.05, 0.1) is 17.8 Å². The summed E-state index contributed by atoms with van der Waals surface area (Å²) in [4.78, 5) is 32.6.